The predicted octanol–water partition coefficient (Wildman–Crippen LogP) is 3.18. The highest BCUT2D eigenvalue weighted by Crippen LogP contribution is 2.37. The van der Waals surface area contributed by atoms with E-state index in [0.717, 1.165) is 43.0 Å². The number of rotatable bonds is 4. The van der Waals surface area contributed by atoms with E-state index in [9.17, 15) is 4.79 Å². The number of hydrogen-bond donors (Lipinski definition) is 1. The zero-order valence-electron chi connectivity index (χ0n) is 13.7. The van der Waals surface area contributed by atoms with Gasteiger partial charge in [0.05, 0.1) is 10.7 Å². The van der Waals surface area contributed by atoms with Crippen LogP contribution in [0.3, 0.4) is 0 Å². The maximum Gasteiger partial charge on any atom is 0.265 e. The minimum Gasteiger partial charge on any atom is -0.338 e. The van der Waals surface area contributed by atoms with Gasteiger partial charge in [0.1, 0.15) is 4.88 Å². The van der Waals surface area contributed by atoms with E-state index in [1.54, 1.807) is 11.3 Å². The van der Waals surface area contributed by atoms with Gasteiger partial charge in [0.25, 0.3) is 5.91 Å². The van der Waals surface area contributed by atoms with E-state index in [1.165, 1.54) is 30.7 Å². The number of amides is 1. The quantitative estimate of drug-likeness (QED) is 0.926. The molecule has 0 bridgehead atoms. The zero-order valence-corrected chi connectivity index (χ0v) is 14.5. The lowest BCUT2D eigenvalue weighted by molar-refractivity contribution is 0.0695. The minimum absolute atomic E-state index is 0.210. The number of likely N-dealkylation sites (tertiary alicyclic amines) is 1. The van der Waals surface area contributed by atoms with Crippen LogP contribution in [0.5, 0.6) is 0 Å². The van der Waals surface area contributed by atoms with Crippen molar-refractivity contribution in [2.45, 2.75) is 51.4 Å². The van der Waals surface area contributed by atoms with Crippen LogP contribution in [0.25, 0.3) is 0 Å². The molecule has 0 atom stereocenters. The Morgan fingerprint density at radius 3 is 2.59 bits per heavy atom. The maximum absolute atomic E-state index is 12.8. The zero-order chi connectivity index (χ0) is 15.5. The lowest BCUT2D eigenvalue weighted by Crippen LogP contribution is -2.40. The van der Waals surface area contributed by atoms with Crippen molar-refractivity contribution in [3.8, 4) is 0 Å². The van der Waals surface area contributed by atoms with E-state index < -0.39 is 0 Å². The van der Waals surface area contributed by atoms with Crippen LogP contribution >= 0.6 is 11.3 Å². The number of aryl methyl sites for hydroxylation is 1. The largest absolute Gasteiger partial charge is 0.338 e. The summed E-state index contributed by atoms with van der Waals surface area (Å²) in [5.41, 5.74) is 0.939. The summed E-state index contributed by atoms with van der Waals surface area (Å²) in [4.78, 5) is 20.4. The highest BCUT2D eigenvalue weighted by Gasteiger charge is 2.28. The molecule has 1 saturated heterocycles. The summed E-state index contributed by atoms with van der Waals surface area (Å²) >= 11 is 1.65. The van der Waals surface area contributed by atoms with Gasteiger partial charge in [0.2, 0.25) is 0 Å². The Kier molecular flexibility index (Phi) is 5.14. The highest BCUT2D eigenvalue weighted by atomic mass is 32.1. The summed E-state index contributed by atoms with van der Waals surface area (Å²) < 4.78 is 0. The third-order valence-corrected chi connectivity index (χ3v) is 6.41. The molecule has 0 radical (unpaired) electrons. The number of thiazole rings is 1. The van der Waals surface area contributed by atoms with Crippen molar-refractivity contribution >= 4 is 17.2 Å². The standard InChI is InChI=1S/C17H27N3OS/c1-12-15(22-16(19-12)14-5-3-4-6-14)17(21)20-9-7-13(8-10-20)11-18-2/h13-14,18H,3-11H2,1-2H3. The van der Waals surface area contributed by atoms with Crippen molar-refractivity contribution in [2.24, 2.45) is 5.92 Å². The van der Waals surface area contributed by atoms with Crippen LogP contribution in [-0.2, 0) is 0 Å². The van der Waals surface area contributed by atoms with Gasteiger partial charge in [-0.1, -0.05) is 12.8 Å². The average molecular weight is 321 g/mol. The van der Waals surface area contributed by atoms with Gasteiger partial charge in [-0.3, -0.25) is 4.79 Å². The van der Waals surface area contributed by atoms with E-state index in [-0.39, 0.29) is 5.91 Å². The molecule has 2 fully saturated rings. The Bertz CT molecular complexity index is 514. The number of piperidine rings is 1. The van der Waals surface area contributed by atoms with Gasteiger partial charge in [-0.15, -0.1) is 11.3 Å². The van der Waals surface area contributed by atoms with Crippen molar-refractivity contribution < 1.29 is 4.79 Å². The molecular formula is C17H27N3OS. The molecule has 1 aromatic heterocycles. The summed E-state index contributed by atoms with van der Waals surface area (Å²) in [7, 11) is 2.00. The Hall–Kier alpha value is -0.940. The lowest BCUT2D eigenvalue weighted by Gasteiger charge is -2.31. The van der Waals surface area contributed by atoms with Crippen LogP contribution in [-0.4, -0.2) is 42.5 Å². The number of nitrogens with zero attached hydrogens (tertiary/aromatic N) is 2. The predicted molar refractivity (Wildman–Crippen MR) is 90.6 cm³/mol. The van der Waals surface area contributed by atoms with Gasteiger partial charge < -0.3 is 10.2 Å². The third kappa shape index (κ3) is 3.35. The monoisotopic (exact) mass is 321 g/mol. The van der Waals surface area contributed by atoms with Crippen molar-refractivity contribution in [3.63, 3.8) is 0 Å². The topological polar surface area (TPSA) is 45.2 Å². The molecular weight excluding hydrogens is 294 g/mol. The molecule has 1 aliphatic heterocycles. The van der Waals surface area contributed by atoms with E-state index in [0.29, 0.717) is 11.8 Å². The van der Waals surface area contributed by atoms with Crippen molar-refractivity contribution in [3.05, 3.63) is 15.6 Å². The first-order valence-electron chi connectivity index (χ1n) is 8.60. The van der Waals surface area contributed by atoms with Gasteiger partial charge in [-0.05, 0) is 52.1 Å². The highest BCUT2D eigenvalue weighted by molar-refractivity contribution is 7.13. The van der Waals surface area contributed by atoms with Crippen LogP contribution in [0.1, 0.15) is 64.8 Å². The van der Waals surface area contributed by atoms with Crippen LogP contribution in [0, 0.1) is 12.8 Å². The van der Waals surface area contributed by atoms with Gasteiger partial charge in [0, 0.05) is 19.0 Å². The van der Waals surface area contributed by atoms with Crippen LogP contribution in [0.4, 0.5) is 0 Å². The van der Waals surface area contributed by atoms with E-state index in [4.69, 9.17) is 4.98 Å². The summed E-state index contributed by atoms with van der Waals surface area (Å²) in [6.07, 6.45) is 7.34. The third-order valence-electron chi connectivity index (χ3n) is 5.11. The molecule has 0 spiro atoms. The van der Waals surface area contributed by atoms with Gasteiger partial charge >= 0.3 is 0 Å². The lowest BCUT2D eigenvalue weighted by atomic mass is 9.97. The van der Waals surface area contributed by atoms with E-state index in [1.807, 2.05) is 18.9 Å². The summed E-state index contributed by atoms with van der Waals surface area (Å²) in [6, 6.07) is 0. The molecule has 4 nitrogen and oxygen atoms in total. The Morgan fingerprint density at radius 1 is 1.27 bits per heavy atom. The van der Waals surface area contributed by atoms with Gasteiger partial charge in [-0.25, -0.2) is 4.98 Å². The van der Waals surface area contributed by atoms with Crippen LogP contribution < -0.4 is 5.32 Å². The molecule has 22 heavy (non-hydrogen) atoms. The first kappa shape index (κ1) is 15.9. The number of carbonyl (C=O) groups excluding carboxylic acids is 1. The molecule has 122 valence electrons. The number of carbonyl (C=O) groups is 1. The molecule has 1 amide bonds. The normalized spacial score (nSPS) is 20.7. The molecule has 0 unspecified atom stereocenters. The fraction of sp³-hybridized carbons (Fsp3) is 0.765. The van der Waals surface area contributed by atoms with Gasteiger partial charge in [0.15, 0.2) is 0 Å². The van der Waals surface area contributed by atoms with Crippen molar-refractivity contribution in [2.75, 3.05) is 26.7 Å². The number of hydrogen-bond acceptors (Lipinski definition) is 4. The fourth-order valence-corrected chi connectivity index (χ4v) is 4.94. The Morgan fingerprint density at radius 2 is 1.95 bits per heavy atom. The second-order valence-electron chi connectivity index (χ2n) is 6.74. The van der Waals surface area contributed by atoms with Crippen molar-refractivity contribution in [1.29, 1.82) is 0 Å². The number of nitrogens with one attached hydrogen (secondary N) is 1. The molecule has 1 N–H and O–H groups in total. The molecule has 2 heterocycles. The van der Waals surface area contributed by atoms with Crippen LogP contribution in [0.15, 0.2) is 0 Å². The second-order valence-corrected chi connectivity index (χ2v) is 7.77. The van der Waals surface area contributed by atoms with Crippen molar-refractivity contribution in [1.82, 2.24) is 15.2 Å². The first-order chi connectivity index (χ1) is 10.7. The first-order valence-corrected chi connectivity index (χ1v) is 9.42. The molecule has 2 aliphatic rings. The fourth-order valence-electron chi connectivity index (χ4n) is 3.74. The smallest absolute Gasteiger partial charge is 0.265 e. The van der Waals surface area contributed by atoms with Crippen LogP contribution in [0.2, 0.25) is 0 Å². The summed E-state index contributed by atoms with van der Waals surface area (Å²) in [5, 5.41) is 4.44. The second kappa shape index (κ2) is 7.09. The molecule has 3 rings (SSSR count). The average Bonchev–Trinajstić information content (AvgIpc) is 3.17. The molecule has 1 aliphatic carbocycles. The molecule has 1 aromatic rings. The Balaban J connectivity index is 1.65. The molecule has 5 heteroatoms. The van der Waals surface area contributed by atoms with E-state index >= 15 is 0 Å². The molecule has 0 aromatic carbocycles. The SMILES string of the molecule is CNCC1CCN(C(=O)c2sc(C3CCCC3)nc2C)CC1. The molecule has 1 saturated carbocycles. The minimum atomic E-state index is 0.210. The summed E-state index contributed by atoms with van der Waals surface area (Å²) in [6.45, 7) is 4.84. The number of aromatic nitrogens is 1. The van der Waals surface area contributed by atoms with Gasteiger partial charge in [-0.2, -0.15) is 0 Å². The maximum atomic E-state index is 12.8. The summed E-state index contributed by atoms with van der Waals surface area (Å²) in [5.74, 6) is 1.53. The Labute approximate surface area is 137 Å². The van der Waals surface area contributed by atoms with E-state index in [2.05, 4.69) is 5.32 Å².